The maximum Gasteiger partial charge on any atom is 0.261 e. The monoisotopic (exact) mass is 440 g/mol. The highest BCUT2D eigenvalue weighted by molar-refractivity contribution is 5.91. The predicted octanol–water partition coefficient (Wildman–Crippen LogP) is 3.48. The van der Waals surface area contributed by atoms with E-state index in [0.29, 0.717) is 16.6 Å². The molecule has 166 valence electrons. The molecule has 0 aliphatic carbocycles. The number of fused-ring (bicyclic) bond motifs is 1. The van der Waals surface area contributed by atoms with Gasteiger partial charge in [-0.25, -0.2) is 4.98 Å². The molecule has 1 amide bonds. The molecule has 4 aromatic rings. The van der Waals surface area contributed by atoms with Gasteiger partial charge in [-0.2, -0.15) is 0 Å². The average Bonchev–Trinajstić information content (AvgIpc) is 2.87. The second kappa shape index (κ2) is 9.20. The first-order chi connectivity index (χ1) is 16.2. The zero-order valence-corrected chi connectivity index (χ0v) is 18.1. The standard InChI is InChI=1S/C25H24N6O2/c32-24(16-31-17-26-22-7-3-2-6-20(22)25(31)33)27-19-10-8-18(9-11-19)21-12-13-23(29-28-21)30-14-4-1-5-15-30/h2-3,6-13,17H,1,4-5,14-16H2,(H,27,32). The summed E-state index contributed by atoms with van der Waals surface area (Å²) >= 11 is 0. The number of aromatic nitrogens is 4. The highest BCUT2D eigenvalue weighted by Gasteiger charge is 2.13. The molecule has 33 heavy (non-hydrogen) atoms. The largest absolute Gasteiger partial charge is 0.355 e. The summed E-state index contributed by atoms with van der Waals surface area (Å²) in [6.45, 7) is 1.95. The van der Waals surface area contributed by atoms with E-state index in [2.05, 4.69) is 25.4 Å². The van der Waals surface area contributed by atoms with Gasteiger partial charge in [0.2, 0.25) is 5.91 Å². The number of anilines is 2. The molecule has 1 N–H and O–H groups in total. The summed E-state index contributed by atoms with van der Waals surface area (Å²) in [4.78, 5) is 31.6. The summed E-state index contributed by atoms with van der Waals surface area (Å²) in [6, 6.07) is 18.5. The molecular formula is C25H24N6O2. The summed E-state index contributed by atoms with van der Waals surface area (Å²) in [5.74, 6) is 0.619. The molecule has 0 radical (unpaired) electrons. The molecule has 2 aromatic heterocycles. The maximum absolute atomic E-state index is 12.6. The molecular weight excluding hydrogens is 416 g/mol. The Labute approximate surface area is 190 Å². The number of benzene rings is 2. The maximum atomic E-state index is 12.6. The lowest BCUT2D eigenvalue weighted by molar-refractivity contribution is -0.116. The number of carbonyl (C=O) groups is 1. The number of nitrogens with one attached hydrogen (secondary N) is 1. The van der Waals surface area contributed by atoms with Crippen LogP contribution in [0.4, 0.5) is 11.5 Å². The molecule has 0 spiro atoms. The number of rotatable bonds is 5. The molecule has 8 heteroatoms. The zero-order valence-electron chi connectivity index (χ0n) is 18.1. The summed E-state index contributed by atoms with van der Waals surface area (Å²) in [5.41, 5.74) is 2.71. The molecule has 3 heterocycles. The molecule has 1 aliphatic heterocycles. The Hall–Kier alpha value is -4.07. The summed E-state index contributed by atoms with van der Waals surface area (Å²) in [7, 11) is 0. The highest BCUT2D eigenvalue weighted by atomic mass is 16.2. The number of hydrogen-bond acceptors (Lipinski definition) is 6. The molecule has 1 saturated heterocycles. The summed E-state index contributed by atoms with van der Waals surface area (Å²) in [5, 5.41) is 12.1. The van der Waals surface area contributed by atoms with E-state index in [-0.39, 0.29) is 18.0 Å². The van der Waals surface area contributed by atoms with Gasteiger partial charge in [-0.1, -0.05) is 24.3 Å². The van der Waals surface area contributed by atoms with Crippen LogP contribution in [0.15, 0.2) is 71.8 Å². The van der Waals surface area contributed by atoms with Crippen LogP contribution in [0.1, 0.15) is 19.3 Å². The van der Waals surface area contributed by atoms with Crippen molar-refractivity contribution >= 4 is 28.3 Å². The van der Waals surface area contributed by atoms with Crippen molar-refractivity contribution in [1.29, 1.82) is 0 Å². The van der Waals surface area contributed by atoms with E-state index in [9.17, 15) is 9.59 Å². The van der Waals surface area contributed by atoms with Crippen molar-refractivity contribution in [3.63, 3.8) is 0 Å². The molecule has 1 fully saturated rings. The normalized spacial score (nSPS) is 13.8. The number of carbonyl (C=O) groups excluding carboxylic acids is 1. The first-order valence-electron chi connectivity index (χ1n) is 11.1. The Balaban J connectivity index is 1.24. The third-order valence-corrected chi connectivity index (χ3v) is 5.84. The number of amides is 1. The van der Waals surface area contributed by atoms with E-state index in [0.717, 1.165) is 30.2 Å². The molecule has 8 nitrogen and oxygen atoms in total. The minimum Gasteiger partial charge on any atom is -0.355 e. The third kappa shape index (κ3) is 4.59. The molecule has 0 atom stereocenters. The van der Waals surface area contributed by atoms with Gasteiger partial charge in [0.15, 0.2) is 5.82 Å². The average molecular weight is 441 g/mol. The minimum absolute atomic E-state index is 0.109. The van der Waals surface area contributed by atoms with Gasteiger partial charge in [0.25, 0.3) is 5.56 Å². The van der Waals surface area contributed by atoms with Crippen molar-refractivity contribution in [2.24, 2.45) is 0 Å². The fraction of sp³-hybridized carbons (Fsp3) is 0.240. The van der Waals surface area contributed by atoms with Crippen LogP contribution in [0, 0.1) is 0 Å². The van der Waals surface area contributed by atoms with Crippen LogP contribution in [0.3, 0.4) is 0 Å². The predicted molar refractivity (Wildman–Crippen MR) is 128 cm³/mol. The second-order valence-corrected chi connectivity index (χ2v) is 8.14. The van der Waals surface area contributed by atoms with E-state index in [1.807, 2.05) is 42.5 Å². The van der Waals surface area contributed by atoms with Crippen LogP contribution < -0.4 is 15.8 Å². The van der Waals surface area contributed by atoms with Crippen LogP contribution in [0.5, 0.6) is 0 Å². The molecule has 0 saturated carbocycles. The fourth-order valence-corrected chi connectivity index (χ4v) is 4.07. The van der Waals surface area contributed by atoms with Gasteiger partial charge in [0.1, 0.15) is 6.54 Å². The first kappa shape index (κ1) is 20.8. The van der Waals surface area contributed by atoms with E-state index in [1.54, 1.807) is 18.2 Å². The van der Waals surface area contributed by atoms with Crippen LogP contribution in [-0.2, 0) is 11.3 Å². The molecule has 0 unspecified atom stereocenters. The van der Waals surface area contributed by atoms with E-state index in [1.165, 1.54) is 30.2 Å². The Kier molecular flexibility index (Phi) is 5.80. The van der Waals surface area contributed by atoms with Gasteiger partial charge in [0.05, 0.1) is 22.9 Å². The quantitative estimate of drug-likeness (QED) is 0.511. The van der Waals surface area contributed by atoms with Gasteiger partial charge < -0.3 is 10.2 Å². The van der Waals surface area contributed by atoms with Gasteiger partial charge >= 0.3 is 0 Å². The lowest BCUT2D eigenvalue weighted by Gasteiger charge is -2.27. The lowest BCUT2D eigenvalue weighted by Crippen LogP contribution is -2.30. The van der Waals surface area contributed by atoms with E-state index in [4.69, 9.17) is 0 Å². The number of nitrogens with zero attached hydrogens (tertiary/aromatic N) is 5. The van der Waals surface area contributed by atoms with Crippen molar-refractivity contribution in [3.8, 4) is 11.3 Å². The van der Waals surface area contributed by atoms with E-state index < -0.39 is 0 Å². The van der Waals surface area contributed by atoms with Crippen LogP contribution >= 0.6 is 0 Å². The van der Waals surface area contributed by atoms with Crippen molar-refractivity contribution in [3.05, 3.63) is 77.3 Å². The summed E-state index contributed by atoms with van der Waals surface area (Å²) in [6.07, 6.45) is 5.08. The van der Waals surface area contributed by atoms with Crippen LogP contribution in [0.2, 0.25) is 0 Å². The second-order valence-electron chi connectivity index (χ2n) is 8.14. The molecule has 2 aromatic carbocycles. The molecule has 0 bridgehead atoms. The van der Waals surface area contributed by atoms with Crippen molar-refractivity contribution < 1.29 is 4.79 Å². The molecule has 5 rings (SSSR count). The minimum atomic E-state index is -0.299. The van der Waals surface area contributed by atoms with Gasteiger partial charge in [-0.3, -0.25) is 14.2 Å². The van der Waals surface area contributed by atoms with Gasteiger partial charge in [-0.05, 0) is 55.7 Å². The topological polar surface area (TPSA) is 93.0 Å². The van der Waals surface area contributed by atoms with Gasteiger partial charge in [0, 0.05) is 24.3 Å². The van der Waals surface area contributed by atoms with Crippen molar-refractivity contribution in [2.45, 2.75) is 25.8 Å². The Morgan fingerprint density at radius 1 is 0.909 bits per heavy atom. The number of piperidine rings is 1. The third-order valence-electron chi connectivity index (χ3n) is 5.84. The lowest BCUT2D eigenvalue weighted by atomic mass is 10.1. The van der Waals surface area contributed by atoms with E-state index >= 15 is 0 Å². The summed E-state index contributed by atoms with van der Waals surface area (Å²) < 4.78 is 1.31. The number of hydrogen-bond donors (Lipinski definition) is 1. The van der Waals surface area contributed by atoms with Crippen LogP contribution in [0.25, 0.3) is 22.2 Å². The van der Waals surface area contributed by atoms with Crippen LogP contribution in [-0.4, -0.2) is 38.7 Å². The van der Waals surface area contributed by atoms with Gasteiger partial charge in [-0.15, -0.1) is 10.2 Å². The fourth-order valence-electron chi connectivity index (χ4n) is 4.07. The smallest absolute Gasteiger partial charge is 0.261 e. The SMILES string of the molecule is O=C(Cn1cnc2ccccc2c1=O)Nc1ccc(-c2ccc(N3CCCCC3)nn2)cc1. The highest BCUT2D eigenvalue weighted by Crippen LogP contribution is 2.22. The first-order valence-corrected chi connectivity index (χ1v) is 11.1. The Morgan fingerprint density at radius 2 is 1.70 bits per heavy atom. The van der Waals surface area contributed by atoms with Crippen molar-refractivity contribution in [1.82, 2.24) is 19.7 Å². The zero-order chi connectivity index (χ0) is 22.6. The Bertz CT molecular complexity index is 1330. The van der Waals surface area contributed by atoms with Crippen molar-refractivity contribution in [2.75, 3.05) is 23.3 Å². The molecule has 1 aliphatic rings. The Morgan fingerprint density at radius 3 is 2.45 bits per heavy atom. The number of para-hydroxylation sites is 1.